The van der Waals surface area contributed by atoms with Gasteiger partial charge in [0.25, 0.3) is 0 Å². The normalized spacial score (nSPS) is 11.7. The van der Waals surface area contributed by atoms with E-state index in [1.807, 2.05) is 6.07 Å². The van der Waals surface area contributed by atoms with Gasteiger partial charge in [-0.05, 0) is 17.7 Å². The van der Waals surface area contributed by atoms with E-state index < -0.39 is 11.9 Å². The topological polar surface area (TPSA) is 72.2 Å². The maximum absolute atomic E-state index is 13.5. The highest BCUT2D eigenvalue weighted by Crippen LogP contribution is 2.22. The fraction of sp³-hybridized carbons (Fsp3) is 0.176. The molecule has 0 fully saturated rings. The van der Waals surface area contributed by atoms with Crippen molar-refractivity contribution in [3.63, 3.8) is 0 Å². The number of carbonyl (C=O) groups is 2. The molecule has 2 aromatic carbocycles. The van der Waals surface area contributed by atoms with Gasteiger partial charge in [0.1, 0.15) is 11.9 Å². The van der Waals surface area contributed by atoms with E-state index in [0.717, 1.165) is 0 Å². The van der Waals surface area contributed by atoms with Crippen molar-refractivity contribution < 1.29 is 14.0 Å². The maximum Gasteiger partial charge on any atom is 0.244 e. The summed E-state index contributed by atoms with van der Waals surface area (Å²) in [5, 5.41) is 2.61. The van der Waals surface area contributed by atoms with Crippen molar-refractivity contribution in [1.82, 2.24) is 5.32 Å². The molecule has 0 spiro atoms. The van der Waals surface area contributed by atoms with Crippen molar-refractivity contribution >= 4 is 23.6 Å². The van der Waals surface area contributed by atoms with Gasteiger partial charge in [-0.2, -0.15) is 0 Å². The molecule has 0 saturated heterocycles. The summed E-state index contributed by atoms with van der Waals surface area (Å²) in [6.07, 6.45) is 0.162. The molecule has 0 radical (unpaired) electrons. The van der Waals surface area contributed by atoms with Crippen molar-refractivity contribution in [2.24, 2.45) is 5.73 Å². The summed E-state index contributed by atoms with van der Waals surface area (Å²) in [4.78, 5) is 24.0. The Balaban J connectivity index is 1.88. The minimum Gasteiger partial charge on any atom is -0.368 e. The van der Waals surface area contributed by atoms with Gasteiger partial charge in [0.15, 0.2) is 0 Å². The molecular weight excluding hydrogens is 315 g/mol. The highest BCUT2D eigenvalue weighted by molar-refractivity contribution is 7.99. The van der Waals surface area contributed by atoms with Crippen molar-refractivity contribution in [3.05, 3.63) is 66.0 Å². The van der Waals surface area contributed by atoms with Crippen molar-refractivity contribution in [2.45, 2.75) is 17.4 Å². The average molecular weight is 332 g/mol. The number of rotatable bonds is 7. The lowest BCUT2D eigenvalue weighted by Gasteiger charge is -2.15. The van der Waals surface area contributed by atoms with E-state index in [-0.39, 0.29) is 18.1 Å². The van der Waals surface area contributed by atoms with Gasteiger partial charge >= 0.3 is 0 Å². The molecule has 1 unspecified atom stereocenters. The molecule has 0 aliphatic heterocycles. The van der Waals surface area contributed by atoms with Crippen LogP contribution in [0.1, 0.15) is 18.0 Å². The van der Waals surface area contributed by atoms with Gasteiger partial charge in [0.05, 0.1) is 0 Å². The van der Waals surface area contributed by atoms with Gasteiger partial charge in [-0.15, -0.1) is 11.8 Å². The number of hydrogen-bond donors (Lipinski definition) is 2. The number of thioether (sulfide) groups is 1. The van der Waals surface area contributed by atoms with Gasteiger partial charge in [0, 0.05) is 17.1 Å². The summed E-state index contributed by atoms with van der Waals surface area (Å²) < 4.78 is 13.5. The van der Waals surface area contributed by atoms with Crippen LogP contribution in [0.3, 0.4) is 0 Å². The lowest BCUT2D eigenvalue weighted by molar-refractivity contribution is -0.127. The molecule has 2 rings (SSSR count). The minimum absolute atomic E-state index is 0.162. The van der Waals surface area contributed by atoms with Crippen LogP contribution in [0.5, 0.6) is 0 Å². The van der Waals surface area contributed by atoms with Crippen LogP contribution in [0, 0.1) is 5.82 Å². The summed E-state index contributed by atoms with van der Waals surface area (Å²) in [5.74, 6) is -0.822. The Morgan fingerprint density at radius 2 is 1.74 bits per heavy atom. The number of halogens is 1. The molecule has 0 bridgehead atoms. The second-order valence-corrected chi connectivity index (χ2v) is 5.98. The molecule has 2 amide bonds. The predicted molar refractivity (Wildman–Crippen MR) is 88.3 cm³/mol. The fourth-order valence-corrected chi connectivity index (χ4v) is 2.90. The van der Waals surface area contributed by atoms with E-state index in [1.165, 1.54) is 17.8 Å². The fourth-order valence-electron chi connectivity index (χ4n) is 2.01. The van der Waals surface area contributed by atoms with Gasteiger partial charge in [0.2, 0.25) is 11.8 Å². The van der Waals surface area contributed by atoms with Crippen LogP contribution in [0.2, 0.25) is 0 Å². The van der Waals surface area contributed by atoms with Gasteiger partial charge in [-0.1, -0.05) is 42.5 Å². The second-order valence-electron chi connectivity index (χ2n) is 4.84. The largest absolute Gasteiger partial charge is 0.368 e. The quantitative estimate of drug-likeness (QED) is 0.766. The van der Waals surface area contributed by atoms with Crippen LogP contribution in [-0.4, -0.2) is 17.6 Å². The number of hydrogen-bond acceptors (Lipinski definition) is 3. The minimum atomic E-state index is -0.859. The first kappa shape index (κ1) is 17.0. The Morgan fingerprint density at radius 1 is 1.09 bits per heavy atom. The number of benzene rings is 2. The molecular formula is C17H17FN2O2S. The number of primary amides is 1. The molecule has 4 nitrogen and oxygen atoms in total. The third-order valence-electron chi connectivity index (χ3n) is 3.15. The van der Waals surface area contributed by atoms with Crippen LogP contribution >= 0.6 is 11.8 Å². The zero-order valence-electron chi connectivity index (χ0n) is 12.4. The van der Waals surface area contributed by atoms with Crippen LogP contribution in [0.15, 0.2) is 59.5 Å². The molecule has 0 aliphatic carbocycles. The third-order valence-corrected chi connectivity index (χ3v) is 4.20. The van der Waals surface area contributed by atoms with E-state index in [1.54, 1.807) is 42.5 Å². The van der Waals surface area contributed by atoms with Crippen molar-refractivity contribution in [3.8, 4) is 0 Å². The van der Waals surface area contributed by atoms with Crippen molar-refractivity contribution in [2.75, 3.05) is 5.75 Å². The molecule has 0 heterocycles. The summed E-state index contributed by atoms with van der Waals surface area (Å²) in [5.41, 5.74) is 5.98. The van der Waals surface area contributed by atoms with Crippen LogP contribution < -0.4 is 11.1 Å². The first-order chi connectivity index (χ1) is 11.1. The molecule has 1 atom stereocenters. The Morgan fingerprint density at radius 3 is 2.39 bits per heavy atom. The van der Waals surface area contributed by atoms with Gasteiger partial charge < -0.3 is 11.1 Å². The van der Waals surface area contributed by atoms with Crippen LogP contribution in [0.25, 0.3) is 0 Å². The summed E-state index contributed by atoms with van der Waals surface area (Å²) >= 11 is 1.25. The van der Waals surface area contributed by atoms with E-state index in [9.17, 15) is 14.0 Å². The smallest absolute Gasteiger partial charge is 0.244 e. The number of nitrogens with two attached hydrogens (primary N) is 1. The first-order valence-electron chi connectivity index (χ1n) is 7.09. The number of nitrogens with one attached hydrogen (secondary N) is 1. The zero-order valence-corrected chi connectivity index (χ0v) is 13.2. The lowest BCUT2D eigenvalue weighted by atomic mass is 10.1. The third kappa shape index (κ3) is 5.10. The average Bonchev–Trinajstić information content (AvgIpc) is 2.55. The molecule has 0 aliphatic rings. The SMILES string of the molecule is NC(=O)C(NC(=O)CCSc1ccccc1F)c1ccccc1. The Kier molecular flexibility index (Phi) is 6.17. The molecule has 2 aromatic rings. The first-order valence-corrected chi connectivity index (χ1v) is 8.07. The van der Waals surface area contributed by atoms with Crippen LogP contribution in [-0.2, 0) is 9.59 Å². The van der Waals surface area contributed by atoms with E-state index in [4.69, 9.17) is 5.73 Å². The Labute approximate surface area is 138 Å². The molecule has 6 heteroatoms. The maximum atomic E-state index is 13.5. The summed E-state index contributed by atoms with van der Waals surface area (Å²) in [6.45, 7) is 0. The second kappa shape index (κ2) is 8.33. The molecule has 23 heavy (non-hydrogen) atoms. The molecule has 3 N–H and O–H groups in total. The van der Waals surface area contributed by atoms with E-state index in [2.05, 4.69) is 5.32 Å². The monoisotopic (exact) mass is 332 g/mol. The highest BCUT2D eigenvalue weighted by atomic mass is 32.2. The highest BCUT2D eigenvalue weighted by Gasteiger charge is 2.19. The zero-order chi connectivity index (χ0) is 16.7. The lowest BCUT2D eigenvalue weighted by Crippen LogP contribution is -2.37. The molecule has 0 aromatic heterocycles. The predicted octanol–water partition coefficient (Wildman–Crippen LogP) is 2.65. The standard InChI is InChI=1S/C17H17FN2O2S/c18-13-8-4-5-9-14(13)23-11-10-15(21)20-16(17(19)22)12-6-2-1-3-7-12/h1-9,16H,10-11H2,(H2,19,22)(H,20,21). The Bertz CT molecular complexity index is 679. The molecule has 120 valence electrons. The van der Waals surface area contributed by atoms with Gasteiger partial charge in [-0.3, -0.25) is 9.59 Å². The number of carbonyl (C=O) groups excluding carboxylic acids is 2. The van der Waals surface area contributed by atoms with Crippen LogP contribution in [0.4, 0.5) is 4.39 Å². The Hall–Kier alpha value is -2.34. The summed E-state index contributed by atoms with van der Waals surface area (Å²) in [6, 6.07) is 14.3. The van der Waals surface area contributed by atoms with E-state index >= 15 is 0 Å². The number of amides is 2. The molecule has 0 saturated carbocycles. The van der Waals surface area contributed by atoms with Crippen molar-refractivity contribution in [1.29, 1.82) is 0 Å². The van der Waals surface area contributed by atoms with Gasteiger partial charge in [-0.25, -0.2) is 4.39 Å². The van der Waals surface area contributed by atoms with E-state index in [0.29, 0.717) is 16.2 Å². The summed E-state index contributed by atoms with van der Waals surface area (Å²) in [7, 11) is 0.